The van der Waals surface area contributed by atoms with Gasteiger partial charge in [-0.2, -0.15) is 0 Å². The van der Waals surface area contributed by atoms with E-state index in [9.17, 15) is 4.11 Å². The molecule has 3 heteroatoms. The van der Waals surface area contributed by atoms with Crippen LogP contribution in [0.1, 0.15) is 194 Å². The Hall–Kier alpha value is -5.02. The first-order valence-corrected chi connectivity index (χ1v) is 25.9. The van der Waals surface area contributed by atoms with Crippen molar-refractivity contribution >= 4 is 57.2 Å². The van der Waals surface area contributed by atoms with Crippen LogP contribution < -0.4 is 26.2 Å². The monoisotopic (exact) mass is 900 g/mol. The first kappa shape index (κ1) is 41.9. The summed E-state index contributed by atoms with van der Waals surface area (Å²) in [6.07, 6.45) is 5.53. The minimum atomic E-state index is -2.36. The highest BCUT2D eigenvalue weighted by Crippen LogP contribution is 2.56. The van der Waals surface area contributed by atoms with Crippen LogP contribution in [0, 0.1) is 20.7 Å². The zero-order chi connectivity index (χ0) is 51.1. The van der Waals surface area contributed by atoms with Gasteiger partial charge in [0.25, 0.3) is 6.71 Å². The molecule has 0 atom stereocenters. The third-order valence-corrected chi connectivity index (χ3v) is 18.6. The molecular formula is C65H77BN2. The van der Waals surface area contributed by atoms with Crippen LogP contribution in [-0.2, 0) is 37.9 Å². The quantitative estimate of drug-likeness (QED) is 0.162. The van der Waals surface area contributed by atoms with Gasteiger partial charge in [0.1, 0.15) is 0 Å². The molecule has 11 rings (SSSR count). The maximum Gasteiger partial charge on any atom is 0.252 e. The lowest BCUT2D eigenvalue weighted by Crippen LogP contribution is -2.62. The largest absolute Gasteiger partial charge is 0.311 e. The Kier molecular flexibility index (Phi) is 8.81. The van der Waals surface area contributed by atoms with E-state index in [4.69, 9.17) is 0 Å². The van der Waals surface area contributed by atoms with Crippen LogP contribution in [0.25, 0.3) is 0 Å². The molecule has 2 nitrogen and oxygen atoms in total. The van der Waals surface area contributed by atoms with Gasteiger partial charge in [-0.1, -0.05) is 158 Å². The predicted molar refractivity (Wildman–Crippen MR) is 294 cm³/mol. The Bertz CT molecular complexity index is 3240. The summed E-state index contributed by atoms with van der Waals surface area (Å²) in [6.45, 7) is 35.8. The van der Waals surface area contributed by atoms with Gasteiger partial charge in [0.05, 0.1) is 0 Å². The van der Waals surface area contributed by atoms with Crippen molar-refractivity contribution in [2.45, 2.75) is 188 Å². The summed E-state index contributed by atoms with van der Waals surface area (Å²) in [5.41, 5.74) is 23.8. The molecule has 0 aromatic heterocycles. The van der Waals surface area contributed by atoms with Crippen molar-refractivity contribution in [2.75, 3.05) is 9.80 Å². The molecule has 0 bridgehead atoms. The molecule has 2 aliphatic heterocycles. The van der Waals surface area contributed by atoms with Gasteiger partial charge in [0, 0.05) is 43.7 Å². The first-order valence-electron chi connectivity index (χ1n) is 27.4. The van der Waals surface area contributed by atoms with Crippen LogP contribution in [-0.4, -0.2) is 6.71 Å². The highest BCUT2D eigenvalue weighted by atomic mass is 15.2. The van der Waals surface area contributed by atoms with Crippen molar-refractivity contribution in [2.24, 2.45) is 0 Å². The predicted octanol–water partition coefficient (Wildman–Crippen LogP) is 15.7. The van der Waals surface area contributed by atoms with Crippen LogP contribution in [0.5, 0.6) is 0 Å². The fourth-order valence-corrected chi connectivity index (χ4v) is 14.6. The third kappa shape index (κ3) is 6.41. The number of rotatable bonds is 4. The highest BCUT2D eigenvalue weighted by molar-refractivity contribution is 7.00. The van der Waals surface area contributed by atoms with Crippen LogP contribution >= 0.6 is 0 Å². The molecule has 68 heavy (non-hydrogen) atoms. The fourth-order valence-electron chi connectivity index (χ4n) is 14.6. The summed E-state index contributed by atoms with van der Waals surface area (Å²) < 4.78 is 27.8. The van der Waals surface area contributed by atoms with Crippen molar-refractivity contribution in [3.8, 4) is 0 Å². The van der Waals surface area contributed by atoms with E-state index in [1.807, 2.05) is 6.07 Å². The Morgan fingerprint density at radius 2 is 0.985 bits per heavy atom. The second-order valence-corrected chi connectivity index (χ2v) is 26.5. The Morgan fingerprint density at radius 3 is 1.62 bits per heavy atom. The number of nitrogens with zero attached hydrogens (tertiary/aromatic N) is 2. The SMILES string of the molecule is [2H]C([2H])([2H])c1cc2c3c(c1)N(c1ccc4c(c1C)C(C)(C)CCC4(C)C)c1ccc(C(C)(C)c4ccccc4)cc1B3c1cc3c(cc1N2c1cc2c(cc1C)C(C)(C)CC2(C)C)C(C)(C)CCC3(C)C. The van der Waals surface area contributed by atoms with E-state index in [2.05, 4.69) is 212 Å². The zero-order valence-electron chi connectivity index (χ0n) is 47.2. The summed E-state index contributed by atoms with van der Waals surface area (Å²) in [5.74, 6) is 0. The van der Waals surface area contributed by atoms with E-state index in [1.165, 1.54) is 77.7 Å². The lowest BCUT2D eigenvalue weighted by atomic mass is 9.33. The Labute approximate surface area is 415 Å². The third-order valence-electron chi connectivity index (χ3n) is 18.6. The summed E-state index contributed by atoms with van der Waals surface area (Å²) in [5, 5.41) is 0. The molecule has 6 aromatic carbocycles. The number of aryl methyl sites for hydroxylation is 2. The lowest BCUT2D eigenvalue weighted by molar-refractivity contribution is 0.330. The molecule has 3 aliphatic carbocycles. The van der Waals surface area contributed by atoms with Crippen molar-refractivity contribution in [3.63, 3.8) is 0 Å². The van der Waals surface area contributed by atoms with Gasteiger partial charge in [-0.15, -0.1) is 0 Å². The van der Waals surface area contributed by atoms with E-state index in [0.717, 1.165) is 60.5 Å². The van der Waals surface area contributed by atoms with Crippen molar-refractivity contribution in [1.29, 1.82) is 0 Å². The van der Waals surface area contributed by atoms with Gasteiger partial charge in [-0.25, -0.2) is 0 Å². The average molecular weight is 900 g/mol. The van der Waals surface area contributed by atoms with Gasteiger partial charge < -0.3 is 9.80 Å². The normalized spacial score (nSPS) is 21.3. The molecule has 0 fully saturated rings. The van der Waals surface area contributed by atoms with Gasteiger partial charge in [0.15, 0.2) is 0 Å². The fraction of sp³-hybridized carbons (Fsp3) is 0.446. The van der Waals surface area contributed by atoms with Gasteiger partial charge >= 0.3 is 0 Å². The Morgan fingerprint density at radius 1 is 0.471 bits per heavy atom. The molecule has 0 unspecified atom stereocenters. The van der Waals surface area contributed by atoms with Crippen LogP contribution in [0.3, 0.4) is 0 Å². The average Bonchev–Trinajstić information content (AvgIpc) is 3.47. The number of benzene rings is 6. The standard InChI is InChI=1S/C65H77BN2/c1-39-31-55-58-56(32-39)68(53-36-48-45(33-40(53)2)63(12,13)38-64(48,14)15)54-37-47-46(60(6,7)27-28-61(47,8)9)35-50(54)66(58)49-34-43(65(16,17)42-21-19-18-20-22-42)23-25-52(49)67(55)51-26-24-44-57(41(51)3)62(10,11)30-29-59(44,4)5/h18-26,31-37H,27-30,38H2,1-17H3/i1D3. The minimum absolute atomic E-state index is 0.0282. The molecule has 0 saturated carbocycles. The Balaban J connectivity index is 1.30. The number of anilines is 6. The van der Waals surface area contributed by atoms with Crippen LogP contribution in [0.2, 0.25) is 0 Å². The first-order chi connectivity index (χ1) is 32.9. The number of fused-ring (bicyclic) bond motifs is 7. The van der Waals surface area contributed by atoms with E-state index >= 15 is 0 Å². The zero-order valence-corrected chi connectivity index (χ0v) is 44.2. The van der Waals surface area contributed by atoms with Crippen molar-refractivity contribution in [3.05, 3.63) is 158 Å². The maximum atomic E-state index is 9.26. The summed E-state index contributed by atoms with van der Waals surface area (Å²) in [7, 11) is 0. The lowest BCUT2D eigenvalue weighted by Gasteiger charge is -2.48. The molecule has 0 amide bonds. The van der Waals surface area contributed by atoms with E-state index in [-0.39, 0.29) is 44.6 Å². The molecule has 2 heterocycles. The smallest absolute Gasteiger partial charge is 0.252 e. The number of hydrogen-bond acceptors (Lipinski definition) is 2. The van der Waals surface area contributed by atoms with E-state index in [1.54, 1.807) is 0 Å². The van der Waals surface area contributed by atoms with Crippen LogP contribution in [0.4, 0.5) is 34.1 Å². The van der Waals surface area contributed by atoms with E-state index < -0.39 is 6.85 Å². The second kappa shape index (κ2) is 14.3. The molecular weight excluding hydrogens is 820 g/mol. The van der Waals surface area contributed by atoms with E-state index in [0.29, 0.717) is 5.56 Å². The summed E-state index contributed by atoms with van der Waals surface area (Å²) in [6, 6.07) is 37.2. The van der Waals surface area contributed by atoms with Gasteiger partial charge in [-0.3, -0.25) is 0 Å². The van der Waals surface area contributed by atoms with Gasteiger partial charge in [0.2, 0.25) is 0 Å². The molecule has 6 aromatic rings. The summed E-state index contributed by atoms with van der Waals surface area (Å²) >= 11 is 0. The van der Waals surface area contributed by atoms with Crippen molar-refractivity contribution < 1.29 is 4.11 Å². The minimum Gasteiger partial charge on any atom is -0.311 e. The molecule has 0 radical (unpaired) electrons. The molecule has 0 N–H and O–H groups in total. The van der Waals surface area contributed by atoms with Crippen molar-refractivity contribution in [1.82, 2.24) is 0 Å². The molecule has 0 spiro atoms. The summed E-state index contributed by atoms with van der Waals surface area (Å²) in [4.78, 5) is 5.02. The maximum absolute atomic E-state index is 9.26. The van der Waals surface area contributed by atoms with Gasteiger partial charge in [-0.05, 0) is 199 Å². The topological polar surface area (TPSA) is 6.48 Å². The second-order valence-electron chi connectivity index (χ2n) is 26.5. The molecule has 0 saturated heterocycles. The number of hydrogen-bond donors (Lipinski definition) is 0. The highest BCUT2D eigenvalue weighted by Gasteiger charge is 2.49. The van der Waals surface area contributed by atoms with Crippen LogP contribution in [0.15, 0.2) is 97.1 Å². The molecule has 5 aliphatic rings. The molecule has 350 valence electrons.